The number of nitrogens with zero attached hydrogens (tertiary/aromatic N) is 1. The molecule has 5 rings (SSSR count). The fourth-order valence-corrected chi connectivity index (χ4v) is 3.68. The maximum Gasteiger partial charge on any atom is 0.323 e. The zero-order valence-corrected chi connectivity index (χ0v) is 19.1. The summed E-state index contributed by atoms with van der Waals surface area (Å²) in [5, 5.41) is 8.94. The molecule has 0 bridgehead atoms. The molecule has 0 aliphatic heterocycles. The molecule has 4 N–H and O–H groups in total. The monoisotopic (exact) mass is 481 g/mol. The van der Waals surface area contributed by atoms with Gasteiger partial charge in [-0.3, -0.25) is 4.79 Å². The van der Waals surface area contributed by atoms with Crippen molar-refractivity contribution >= 4 is 51.6 Å². The van der Waals surface area contributed by atoms with Gasteiger partial charge in [-0.15, -0.1) is 0 Å². The minimum absolute atomic E-state index is 0.246. The second-order valence-electron chi connectivity index (χ2n) is 7.80. The van der Waals surface area contributed by atoms with Gasteiger partial charge in [0.2, 0.25) is 0 Å². The van der Waals surface area contributed by atoms with Crippen molar-refractivity contribution in [3.8, 4) is 11.4 Å². The number of halogens is 1. The lowest BCUT2D eigenvalue weighted by Crippen LogP contribution is -2.19. The zero-order valence-electron chi connectivity index (χ0n) is 18.4. The molecular weight excluding hydrogens is 462 g/mol. The van der Waals surface area contributed by atoms with Crippen molar-refractivity contribution in [3.63, 3.8) is 0 Å². The van der Waals surface area contributed by atoms with Crippen molar-refractivity contribution in [2.24, 2.45) is 0 Å². The molecule has 7 nitrogen and oxygen atoms in total. The number of hydrogen-bond acceptors (Lipinski definition) is 3. The summed E-state index contributed by atoms with van der Waals surface area (Å²) in [5.41, 5.74) is 4.86. The molecule has 0 fully saturated rings. The van der Waals surface area contributed by atoms with Crippen LogP contribution < -0.4 is 16.0 Å². The molecule has 0 unspecified atom stereocenters. The third kappa shape index (κ3) is 5.31. The number of aromatic nitrogens is 2. The summed E-state index contributed by atoms with van der Waals surface area (Å²) in [6, 6.07) is 28.4. The molecule has 0 radical (unpaired) electrons. The van der Waals surface area contributed by atoms with E-state index in [0.717, 1.165) is 22.4 Å². The van der Waals surface area contributed by atoms with Crippen molar-refractivity contribution in [1.29, 1.82) is 0 Å². The van der Waals surface area contributed by atoms with E-state index in [1.165, 1.54) is 0 Å². The molecule has 1 heterocycles. The number of imidazole rings is 1. The van der Waals surface area contributed by atoms with Crippen LogP contribution in [0.15, 0.2) is 97.1 Å². The second-order valence-corrected chi connectivity index (χ2v) is 8.24. The quantitative estimate of drug-likeness (QED) is 0.222. The van der Waals surface area contributed by atoms with Gasteiger partial charge in [0.15, 0.2) is 0 Å². The number of benzene rings is 4. The number of rotatable bonds is 5. The van der Waals surface area contributed by atoms with Crippen LogP contribution >= 0.6 is 11.6 Å². The average Bonchev–Trinajstić information content (AvgIpc) is 3.31. The largest absolute Gasteiger partial charge is 0.338 e. The molecule has 3 amide bonds. The number of H-pyrrole nitrogens is 1. The van der Waals surface area contributed by atoms with E-state index in [1.807, 2.05) is 36.4 Å². The van der Waals surface area contributed by atoms with Crippen LogP contribution in [0.3, 0.4) is 0 Å². The fraction of sp³-hybridized carbons (Fsp3) is 0. The first-order valence-corrected chi connectivity index (χ1v) is 11.2. The predicted octanol–water partition coefficient (Wildman–Crippen LogP) is 6.78. The Kier molecular flexibility index (Phi) is 6.15. The van der Waals surface area contributed by atoms with Crippen LogP contribution in [-0.4, -0.2) is 21.9 Å². The highest BCUT2D eigenvalue weighted by molar-refractivity contribution is 6.30. The summed E-state index contributed by atoms with van der Waals surface area (Å²) in [7, 11) is 0. The molecule has 8 heteroatoms. The molecule has 0 aliphatic carbocycles. The van der Waals surface area contributed by atoms with Gasteiger partial charge >= 0.3 is 6.03 Å². The molecule has 35 heavy (non-hydrogen) atoms. The first-order chi connectivity index (χ1) is 17.0. The Morgan fingerprint density at radius 3 is 1.97 bits per heavy atom. The lowest BCUT2D eigenvalue weighted by atomic mass is 10.2. The summed E-state index contributed by atoms with van der Waals surface area (Å²) >= 11 is 5.86. The maximum absolute atomic E-state index is 12.8. The van der Waals surface area contributed by atoms with E-state index >= 15 is 0 Å². The maximum atomic E-state index is 12.8. The molecule has 4 aromatic carbocycles. The number of urea groups is 1. The number of nitrogens with one attached hydrogen (secondary N) is 4. The van der Waals surface area contributed by atoms with Crippen LogP contribution in [0.25, 0.3) is 22.4 Å². The highest BCUT2D eigenvalue weighted by Gasteiger charge is 2.11. The van der Waals surface area contributed by atoms with Gasteiger partial charge in [-0.2, -0.15) is 0 Å². The summed E-state index contributed by atoms with van der Waals surface area (Å²) in [6.45, 7) is 0. The van der Waals surface area contributed by atoms with Gasteiger partial charge in [-0.25, -0.2) is 9.78 Å². The number of fused-ring (bicyclic) bond motifs is 1. The molecule has 0 atom stereocenters. The minimum atomic E-state index is -0.383. The number of aromatic amines is 1. The highest BCUT2D eigenvalue weighted by atomic mass is 35.5. The van der Waals surface area contributed by atoms with E-state index in [0.29, 0.717) is 27.6 Å². The number of carbonyl (C=O) groups is 2. The molecule has 0 spiro atoms. The molecule has 0 saturated carbocycles. The summed E-state index contributed by atoms with van der Waals surface area (Å²) in [5.74, 6) is 0.505. The zero-order chi connectivity index (χ0) is 24.2. The van der Waals surface area contributed by atoms with Crippen LogP contribution in [-0.2, 0) is 0 Å². The van der Waals surface area contributed by atoms with Crippen LogP contribution in [0.2, 0.25) is 5.02 Å². The first-order valence-electron chi connectivity index (χ1n) is 10.8. The standard InChI is InChI=1S/C27H20ClN5O2/c28-19-7-9-21(10-8-19)30-27(35)31-22-13-11-20(12-14-22)29-26(34)18-6-15-23-24(16-18)33-25(32-23)17-4-2-1-3-5-17/h1-16H,(H,29,34)(H,32,33)(H2,30,31,35). The summed E-state index contributed by atoms with van der Waals surface area (Å²) in [6.07, 6.45) is 0. The lowest BCUT2D eigenvalue weighted by molar-refractivity contribution is 0.102. The normalized spacial score (nSPS) is 10.7. The Hall–Kier alpha value is -4.62. The third-order valence-corrected chi connectivity index (χ3v) is 5.55. The second kappa shape index (κ2) is 9.70. The Morgan fingerprint density at radius 1 is 0.714 bits per heavy atom. The van der Waals surface area contributed by atoms with E-state index in [2.05, 4.69) is 25.9 Å². The molecule has 172 valence electrons. The average molecular weight is 482 g/mol. The van der Waals surface area contributed by atoms with Crippen LogP contribution in [0.5, 0.6) is 0 Å². The smallest absolute Gasteiger partial charge is 0.323 e. The lowest BCUT2D eigenvalue weighted by Gasteiger charge is -2.09. The molecule has 1 aromatic heterocycles. The Labute approximate surface area is 206 Å². The van der Waals surface area contributed by atoms with Crippen LogP contribution in [0, 0.1) is 0 Å². The van der Waals surface area contributed by atoms with Gasteiger partial charge in [0.1, 0.15) is 5.82 Å². The van der Waals surface area contributed by atoms with E-state index in [-0.39, 0.29) is 11.9 Å². The Bertz CT molecular complexity index is 1500. The van der Waals surface area contributed by atoms with Crippen molar-refractivity contribution in [2.75, 3.05) is 16.0 Å². The Balaban J connectivity index is 1.22. The highest BCUT2D eigenvalue weighted by Crippen LogP contribution is 2.22. The van der Waals surface area contributed by atoms with Crippen LogP contribution in [0.1, 0.15) is 10.4 Å². The van der Waals surface area contributed by atoms with Crippen molar-refractivity contribution in [2.45, 2.75) is 0 Å². The van der Waals surface area contributed by atoms with Gasteiger partial charge < -0.3 is 20.9 Å². The van der Waals surface area contributed by atoms with Crippen molar-refractivity contribution in [1.82, 2.24) is 9.97 Å². The van der Waals surface area contributed by atoms with Gasteiger partial charge in [0.05, 0.1) is 11.0 Å². The molecule has 5 aromatic rings. The van der Waals surface area contributed by atoms with Gasteiger partial charge in [0, 0.05) is 33.2 Å². The first kappa shape index (κ1) is 22.2. The fourth-order valence-electron chi connectivity index (χ4n) is 3.55. The topological polar surface area (TPSA) is 98.9 Å². The van der Waals surface area contributed by atoms with Crippen molar-refractivity contribution in [3.05, 3.63) is 108 Å². The van der Waals surface area contributed by atoms with E-state index in [1.54, 1.807) is 60.7 Å². The predicted molar refractivity (Wildman–Crippen MR) is 140 cm³/mol. The third-order valence-electron chi connectivity index (χ3n) is 5.29. The van der Waals surface area contributed by atoms with E-state index in [9.17, 15) is 9.59 Å². The van der Waals surface area contributed by atoms with E-state index in [4.69, 9.17) is 11.6 Å². The molecule has 0 saturated heterocycles. The summed E-state index contributed by atoms with van der Waals surface area (Å²) in [4.78, 5) is 32.8. The molecule has 0 aliphatic rings. The van der Waals surface area contributed by atoms with E-state index < -0.39 is 0 Å². The van der Waals surface area contributed by atoms with Gasteiger partial charge in [0.25, 0.3) is 5.91 Å². The number of anilines is 3. The SMILES string of the molecule is O=C(Nc1ccc(Cl)cc1)Nc1ccc(NC(=O)c2ccc3nc(-c4ccccc4)[nH]c3c2)cc1. The van der Waals surface area contributed by atoms with Gasteiger partial charge in [-0.05, 0) is 66.7 Å². The number of carbonyl (C=O) groups excluding carboxylic acids is 2. The minimum Gasteiger partial charge on any atom is -0.338 e. The molecular formula is C27H20ClN5O2. The number of hydrogen-bond donors (Lipinski definition) is 4. The summed E-state index contributed by atoms with van der Waals surface area (Å²) < 4.78 is 0. The Morgan fingerprint density at radius 2 is 1.31 bits per heavy atom. The van der Waals surface area contributed by atoms with Gasteiger partial charge in [-0.1, -0.05) is 41.9 Å². The van der Waals surface area contributed by atoms with Crippen LogP contribution in [0.4, 0.5) is 21.9 Å². The van der Waals surface area contributed by atoms with Crippen molar-refractivity contribution < 1.29 is 9.59 Å². The number of amides is 3.